The number of thioether (sulfide) groups is 1. The van der Waals surface area contributed by atoms with Gasteiger partial charge in [0.25, 0.3) is 5.91 Å². The normalized spacial score (nSPS) is 14.8. The lowest BCUT2D eigenvalue weighted by atomic mass is 10.1. The predicted octanol–water partition coefficient (Wildman–Crippen LogP) is 4.09. The van der Waals surface area contributed by atoms with Gasteiger partial charge < -0.3 is 9.80 Å². The Morgan fingerprint density at radius 2 is 1.45 bits per heavy atom. The molecule has 0 N–H and O–H groups in total. The van der Waals surface area contributed by atoms with Crippen molar-refractivity contribution in [3.63, 3.8) is 0 Å². The third-order valence-corrected chi connectivity index (χ3v) is 5.76. The summed E-state index contributed by atoms with van der Waals surface area (Å²) in [6.45, 7) is 3.56. The van der Waals surface area contributed by atoms with E-state index < -0.39 is 11.7 Å². The Morgan fingerprint density at radius 1 is 0.897 bits per heavy atom. The van der Waals surface area contributed by atoms with E-state index in [9.17, 15) is 22.8 Å². The minimum Gasteiger partial charge on any atom is -0.338 e. The van der Waals surface area contributed by atoms with Gasteiger partial charge in [0.15, 0.2) is 0 Å². The lowest BCUT2D eigenvalue weighted by Crippen LogP contribution is -2.51. The van der Waals surface area contributed by atoms with Crippen molar-refractivity contribution in [3.8, 4) is 0 Å². The number of nitrogens with zero attached hydrogens (tertiary/aromatic N) is 2. The molecule has 1 aliphatic heterocycles. The number of carbonyl (C=O) groups excluding carboxylic acids is 2. The first-order valence-corrected chi connectivity index (χ1v) is 10.2. The highest BCUT2D eigenvalue weighted by Crippen LogP contribution is 2.29. The van der Waals surface area contributed by atoms with Gasteiger partial charge in [0, 0.05) is 36.6 Å². The number of aryl methyl sites for hydroxylation is 1. The first kappa shape index (κ1) is 21.2. The maximum Gasteiger partial charge on any atom is 0.416 e. The summed E-state index contributed by atoms with van der Waals surface area (Å²) in [5, 5.41) is 0. The van der Waals surface area contributed by atoms with E-state index in [1.165, 1.54) is 23.9 Å². The number of hydrogen-bond donors (Lipinski definition) is 0. The van der Waals surface area contributed by atoms with E-state index in [0.717, 1.165) is 22.6 Å². The van der Waals surface area contributed by atoms with Gasteiger partial charge in [0.1, 0.15) is 0 Å². The second-order valence-corrected chi connectivity index (χ2v) is 7.90. The van der Waals surface area contributed by atoms with Crippen LogP contribution in [0.25, 0.3) is 0 Å². The molecule has 0 radical (unpaired) electrons. The van der Waals surface area contributed by atoms with Crippen molar-refractivity contribution < 1.29 is 22.8 Å². The number of benzene rings is 2. The Labute approximate surface area is 171 Å². The molecule has 1 saturated heterocycles. The van der Waals surface area contributed by atoms with Crippen LogP contribution in [0.15, 0.2) is 53.4 Å². The fourth-order valence-electron chi connectivity index (χ4n) is 3.01. The zero-order valence-electron chi connectivity index (χ0n) is 15.9. The summed E-state index contributed by atoms with van der Waals surface area (Å²) in [6.07, 6.45) is -4.43. The number of alkyl halides is 3. The zero-order chi connectivity index (χ0) is 21.0. The summed E-state index contributed by atoms with van der Waals surface area (Å²) in [7, 11) is 0. The van der Waals surface area contributed by atoms with Gasteiger partial charge in [0.2, 0.25) is 5.91 Å². The molecule has 1 aliphatic rings. The lowest BCUT2D eigenvalue weighted by Gasteiger charge is -2.34. The van der Waals surface area contributed by atoms with Crippen molar-refractivity contribution in [2.24, 2.45) is 0 Å². The van der Waals surface area contributed by atoms with E-state index in [1.807, 2.05) is 31.2 Å². The molecule has 0 bridgehead atoms. The molecule has 0 spiro atoms. The number of halogens is 3. The van der Waals surface area contributed by atoms with E-state index in [-0.39, 0.29) is 17.4 Å². The van der Waals surface area contributed by atoms with Crippen LogP contribution in [-0.4, -0.2) is 53.5 Å². The third kappa shape index (κ3) is 5.53. The number of hydrogen-bond acceptors (Lipinski definition) is 3. The van der Waals surface area contributed by atoms with Crippen LogP contribution < -0.4 is 0 Å². The van der Waals surface area contributed by atoms with Crippen LogP contribution in [0.3, 0.4) is 0 Å². The van der Waals surface area contributed by atoms with Gasteiger partial charge in [-0.15, -0.1) is 11.8 Å². The smallest absolute Gasteiger partial charge is 0.338 e. The summed E-state index contributed by atoms with van der Waals surface area (Å²) in [4.78, 5) is 29.2. The average molecular weight is 422 g/mol. The van der Waals surface area contributed by atoms with Crippen LogP contribution in [-0.2, 0) is 11.0 Å². The van der Waals surface area contributed by atoms with Crippen molar-refractivity contribution in [1.29, 1.82) is 0 Å². The Hall–Kier alpha value is -2.48. The van der Waals surface area contributed by atoms with E-state index in [1.54, 1.807) is 9.80 Å². The molecule has 0 unspecified atom stereocenters. The Morgan fingerprint density at radius 3 is 2.00 bits per heavy atom. The van der Waals surface area contributed by atoms with E-state index in [0.29, 0.717) is 31.9 Å². The highest BCUT2D eigenvalue weighted by atomic mass is 32.2. The molecular weight excluding hydrogens is 401 g/mol. The van der Waals surface area contributed by atoms with Crippen molar-refractivity contribution in [1.82, 2.24) is 9.80 Å². The van der Waals surface area contributed by atoms with Crippen LogP contribution in [0.2, 0.25) is 0 Å². The maximum absolute atomic E-state index is 12.6. The minimum absolute atomic E-state index is 0.0113. The van der Waals surface area contributed by atoms with Gasteiger partial charge >= 0.3 is 6.18 Å². The summed E-state index contributed by atoms with van der Waals surface area (Å²) < 4.78 is 37.9. The molecule has 2 amide bonds. The molecular formula is C21H21F3N2O2S. The quantitative estimate of drug-likeness (QED) is 0.697. The minimum atomic E-state index is -4.43. The Bertz CT molecular complexity index is 859. The Balaban J connectivity index is 1.49. The second kappa shape index (κ2) is 8.90. The van der Waals surface area contributed by atoms with Crippen molar-refractivity contribution in [2.75, 3.05) is 31.9 Å². The summed E-state index contributed by atoms with van der Waals surface area (Å²) >= 11 is 1.47. The van der Waals surface area contributed by atoms with Gasteiger partial charge in [0.05, 0.1) is 11.3 Å². The average Bonchev–Trinajstić information content (AvgIpc) is 2.72. The third-order valence-electron chi connectivity index (χ3n) is 4.76. The largest absolute Gasteiger partial charge is 0.416 e. The first-order valence-electron chi connectivity index (χ1n) is 9.18. The van der Waals surface area contributed by atoms with Gasteiger partial charge in [-0.2, -0.15) is 13.2 Å². The second-order valence-electron chi connectivity index (χ2n) is 6.85. The number of piperazine rings is 1. The molecule has 0 saturated carbocycles. The van der Waals surface area contributed by atoms with Crippen LogP contribution in [0, 0.1) is 6.92 Å². The van der Waals surface area contributed by atoms with E-state index in [2.05, 4.69) is 0 Å². The van der Waals surface area contributed by atoms with Gasteiger partial charge in [-0.1, -0.05) is 17.7 Å². The lowest BCUT2D eigenvalue weighted by molar-refractivity contribution is -0.137. The molecule has 2 aromatic rings. The Kier molecular flexibility index (Phi) is 6.52. The topological polar surface area (TPSA) is 40.6 Å². The fraction of sp³-hybridized carbons (Fsp3) is 0.333. The highest BCUT2D eigenvalue weighted by Gasteiger charge is 2.31. The van der Waals surface area contributed by atoms with E-state index >= 15 is 0 Å². The molecule has 2 aromatic carbocycles. The fourth-order valence-corrected chi connectivity index (χ4v) is 3.82. The SMILES string of the molecule is Cc1ccc(SCC(=O)N2CCN(C(=O)c3ccc(C(F)(F)F)cc3)CC2)cc1. The zero-order valence-corrected chi connectivity index (χ0v) is 16.7. The monoisotopic (exact) mass is 422 g/mol. The molecule has 1 fully saturated rings. The predicted molar refractivity (Wildman–Crippen MR) is 106 cm³/mol. The summed E-state index contributed by atoms with van der Waals surface area (Å²) in [5.41, 5.74) is 0.595. The molecule has 0 atom stereocenters. The summed E-state index contributed by atoms with van der Waals surface area (Å²) in [6, 6.07) is 12.2. The highest BCUT2D eigenvalue weighted by molar-refractivity contribution is 8.00. The molecule has 29 heavy (non-hydrogen) atoms. The maximum atomic E-state index is 12.6. The van der Waals surface area contributed by atoms with Crippen molar-refractivity contribution in [3.05, 3.63) is 65.2 Å². The van der Waals surface area contributed by atoms with E-state index in [4.69, 9.17) is 0 Å². The standard InChI is InChI=1S/C21H21F3N2O2S/c1-15-2-8-18(9-3-15)29-14-19(27)25-10-12-26(13-11-25)20(28)16-4-6-17(7-5-16)21(22,23)24/h2-9H,10-14H2,1H3. The van der Waals surface area contributed by atoms with Gasteiger partial charge in [-0.3, -0.25) is 9.59 Å². The summed E-state index contributed by atoms with van der Waals surface area (Å²) in [5.74, 6) is 0.0210. The molecule has 1 heterocycles. The molecule has 154 valence electrons. The first-order chi connectivity index (χ1) is 13.7. The molecule has 0 aromatic heterocycles. The van der Waals surface area contributed by atoms with Crippen LogP contribution in [0.5, 0.6) is 0 Å². The van der Waals surface area contributed by atoms with Crippen molar-refractivity contribution >= 4 is 23.6 Å². The number of rotatable bonds is 4. The number of carbonyl (C=O) groups is 2. The van der Waals surface area contributed by atoms with Crippen LogP contribution in [0.1, 0.15) is 21.5 Å². The molecule has 8 heteroatoms. The molecule has 0 aliphatic carbocycles. The van der Waals surface area contributed by atoms with Crippen LogP contribution >= 0.6 is 11.8 Å². The van der Waals surface area contributed by atoms with Gasteiger partial charge in [-0.05, 0) is 43.3 Å². The number of amides is 2. The molecule has 3 rings (SSSR count). The van der Waals surface area contributed by atoms with Crippen molar-refractivity contribution in [2.45, 2.75) is 18.0 Å². The van der Waals surface area contributed by atoms with Gasteiger partial charge in [-0.25, -0.2) is 0 Å². The molecule has 4 nitrogen and oxygen atoms in total. The van der Waals surface area contributed by atoms with Crippen LogP contribution in [0.4, 0.5) is 13.2 Å².